The molecule has 1 aromatic carbocycles. The Kier molecular flexibility index (Phi) is 4.45. The number of rotatable bonds is 5. The quantitative estimate of drug-likeness (QED) is 0.919. The van der Waals surface area contributed by atoms with Gasteiger partial charge in [0.15, 0.2) is 0 Å². The van der Waals surface area contributed by atoms with Gasteiger partial charge in [-0.1, -0.05) is 11.6 Å². The van der Waals surface area contributed by atoms with Crippen LogP contribution in [0.5, 0.6) is 0 Å². The molecule has 1 aliphatic rings. The molecule has 22 heavy (non-hydrogen) atoms. The Morgan fingerprint density at radius 3 is 3.05 bits per heavy atom. The van der Waals surface area contributed by atoms with Crippen LogP contribution in [0.3, 0.4) is 0 Å². The van der Waals surface area contributed by atoms with E-state index in [0.717, 1.165) is 36.2 Å². The number of ether oxygens (including phenoxy) is 1. The summed E-state index contributed by atoms with van der Waals surface area (Å²) in [4.78, 5) is 17.8. The Morgan fingerprint density at radius 1 is 1.45 bits per heavy atom. The SMILES string of the molecule is COCC(=O)N1CC(CNc2ccnc3ccc(Cl)cc23)C1. The van der Waals surface area contributed by atoms with Gasteiger partial charge in [-0.3, -0.25) is 9.78 Å². The molecule has 0 radical (unpaired) electrons. The minimum absolute atomic E-state index is 0.0555. The van der Waals surface area contributed by atoms with Crippen LogP contribution in [0, 0.1) is 5.92 Å². The molecule has 1 fully saturated rings. The Hall–Kier alpha value is -1.85. The van der Waals surface area contributed by atoms with Crippen molar-refractivity contribution in [1.82, 2.24) is 9.88 Å². The van der Waals surface area contributed by atoms with Gasteiger partial charge < -0.3 is 15.0 Å². The summed E-state index contributed by atoms with van der Waals surface area (Å²) < 4.78 is 4.86. The lowest BCUT2D eigenvalue weighted by Crippen LogP contribution is -2.53. The van der Waals surface area contributed by atoms with Crippen molar-refractivity contribution in [1.29, 1.82) is 0 Å². The van der Waals surface area contributed by atoms with Gasteiger partial charge in [0.2, 0.25) is 5.91 Å². The molecular weight excluding hydrogens is 302 g/mol. The summed E-state index contributed by atoms with van der Waals surface area (Å²) in [5, 5.41) is 5.15. The lowest BCUT2D eigenvalue weighted by Gasteiger charge is -2.39. The molecule has 0 unspecified atom stereocenters. The first kappa shape index (κ1) is 15.1. The van der Waals surface area contributed by atoms with Gasteiger partial charge in [-0.2, -0.15) is 0 Å². The minimum Gasteiger partial charge on any atom is -0.384 e. The smallest absolute Gasteiger partial charge is 0.248 e. The number of nitrogens with zero attached hydrogens (tertiary/aromatic N) is 2. The Labute approximate surface area is 134 Å². The van der Waals surface area contributed by atoms with E-state index in [-0.39, 0.29) is 12.5 Å². The fourth-order valence-electron chi connectivity index (χ4n) is 2.64. The van der Waals surface area contributed by atoms with Gasteiger partial charge in [0.25, 0.3) is 0 Å². The number of fused-ring (bicyclic) bond motifs is 1. The normalized spacial score (nSPS) is 14.9. The van der Waals surface area contributed by atoms with E-state index in [0.29, 0.717) is 10.9 Å². The van der Waals surface area contributed by atoms with Gasteiger partial charge in [0.05, 0.1) is 5.52 Å². The highest BCUT2D eigenvalue weighted by atomic mass is 35.5. The number of benzene rings is 1. The Bertz CT molecular complexity index is 686. The number of nitrogens with one attached hydrogen (secondary N) is 1. The third-order valence-corrected chi connectivity index (χ3v) is 4.10. The molecule has 1 aromatic heterocycles. The maximum Gasteiger partial charge on any atom is 0.248 e. The molecule has 2 aromatic rings. The molecule has 0 spiro atoms. The van der Waals surface area contributed by atoms with E-state index in [4.69, 9.17) is 16.3 Å². The average Bonchev–Trinajstić information content (AvgIpc) is 2.46. The molecule has 5 nitrogen and oxygen atoms in total. The number of methoxy groups -OCH3 is 1. The highest BCUT2D eigenvalue weighted by molar-refractivity contribution is 6.31. The standard InChI is InChI=1S/C16H18ClN3O2/c1-22-10-16(21)20-8-11(9-20)7-19-15-4-5-18-14-3-2-12(17)6-13(14)15/h2-6,11H,7-10H2,1H3,(H,18,19). The number of amides is 1. The zero-order valence-corrected chi connectivity index (χ0v) is 13.1. The van der Waals surface area contributed by atoms with Crippen molar-refractivity contribution in [3.8, 4) is 0 Å². The minimum atomic E-state index is 0.0555. The second kappa shape index (κ2) is 6.50. The molecule has 0 atom stereocenters. The lowest BCUT2D eigenvalue weighted by molar-refractivity contribution is -0.141. The number of anilines is 1. The van der Waals surface area contributed by atoms with Crippen LogP contribution in [0.2, 0.25) is 5.02 Å². The van der Waals surface area contributed by atoms with E-state index in [9.17, 15) is 4.79 Å². The lowest BCUT2D eigenvalue weighted by atomic mass is 10.00. The van der Waals surface area contributed by atoms with E-state index < -0.39 is 0 Å². The maximum absolute atomic E-state index is 11.6. The first-order valence-corrected chi connectivity index (χ1v) is 7.60. The Balaban J connectivity index is 1.59. The molecule has 2 heterocycles. The van der Waals surface area contributed by atoms with Gasteiger partial charge >= 0.3 is 0 Å². The van der Waals surface area contributed by atoms with Crippen LogP contribution in [0.4, 0.5) is 5.69 Å². The van der Waals surface area contributed by atoms with Crippen LogP contribution in [-0.2, 0) is 9.53 Å². The Morgan fingerprint density at radius 2 is 2.27 bits per heavy atom. The summed E-state index contributed by atoms with van der Waals surface area (Å²) in [5.74, 6) is 0.517. The van der Waals surface area contributed by atoms with Crippen LogP contribution in [0.1, 0.15) is 0 Å². The third kappa shape index (κ3) is 3.15. The zero-order valence-electron chi connectivity index (χ0n) is 12.4. The highest BCUT2D eigenvalue weighted by Gasteiger charge is 2.30. The van der Waals surface area contributed by atoms with Crippen LogP contribution in [0.25, 0.3) is 10.9 Å². The largest absolute Gasteiger partial charge is 0.384 e. The van der Waals surface area contributed by atoms with Gasteiger partial charge in [0, 0.05) is 55.0 Å². The molecule has 1 N–H and O–H groups in total. The van der Waals surface area contributed by atoms with Crippen molar-refractivity contribution in [2.75, 3.05) is 38.7 Å². The number of hydrogen-bond donors (Lipinski definition) is 1. The number of halogens is 1. The molecule has 1 amide bonds. The molecule has 1 saturated heterocycles. The zero-order chi connectivity index (χ0) is 15.5. The molecule has 0 bridgehead atoms. The summed E-state index contributed by atoms with van der Waals surface area (Å²) in [7, 11) is 1.54. The first-order valence-electron chi connectivity index (χ1n) is 7.22. The summed E-state index contributed by atoms with van der Waals surface area (Å²) in [5.41, 5.74) is 1.94. The molecule has 6 heteroatoms. The van der Waals surface area contributed by atoms with Crippen LogP contribution < -0.4 is 5.32 Å². The van der Waals surface area contributed by atoms with Crippen molar-refractivity contribution in [2.24, 2.45) is 5.92 Å². The van der Waals surface area contributed by atoms with Crippen LogP contribution in [-0.4, -0.2) is 49.1 Å². The average molecular weight is 320 g/mol. The number of carbonyl (C=O) groups excluding carboxylic acids is 1. The molecule has 3 rings (SSSR count). The topological polar surface area (TPSA) is 54.5 Å². The van der Waals surface area contributed by atoms with E-state index in [1.54, 1.807) is 6.20 Å². The van der Waals surface area contributed by atoms with Crippen molar-refractivity contribution in [2.45, 2.75) is 0 Å². The van der Waals surface area contributed by atoms with Crippen molar-refractivity contribution < 1.29 is 9.53 Å². The van der Waals surface area contributed by atoms with Crippen LogP contribution in [0.15, 0.2) is 30.5 Å². The monoisotopic (exact) mass is 319 g/mol. The van der Waals surface area contributed by atoms with Crippen molar-refractivity contribution in [3.63, 3.8) is 0 Å². The summed E-state index contributed by atoms with van der Waals surface area (Å²) in [6.45, 7) is 2.54. The molecule has 116 valence electrons. The van der Waals surface area contributed by atoms with Crippen molar-refractivity contribution in [3.05, 3.63) is 35.5 Å². The summed E-state index contributed by atoms with van der Waals surface area (Å²) >= 11 is 6.06. The van der Waals surface area contributed by atoms with E-state index >= 15 is 0 Å². The number of hydrogen-bond acceptors (Lipinski definition) is 4. The fourth-order valence-corrected chi connectivity index (χ4v) is 2.82. The predicted molar refractivity (Wildman–Crippen MR) is 87.2 cm³/mol. The van der Waals surface area contributed by atoms with E-state index in [1.807, 2.05) is 29.2 Å². The fraction of sp³-hybridized carbons (Fsp3) is 0.375. The summed E-state index contributed by atoms with van der Waals surface area (Å²) in [6.07, 6.45) is 1.79. The number of carbonyl (C=O) groups is 1. The number of pyridine rings is 1. The maximum atomic E-state index is 11.6. The van der Waals surface area contributed by atoms with Gasteiger partial charge in [-0.05, 0) is 24.3 Å². The molecule has 0 saturated carbocycles. The highest BCUT2D eigenvalue weighted by Crippen LogP contribution is 2.25. The molecule has 0 aliphatic carbocycles. The second-order valence-electron chi connectivity index (χ2n) is 5.50. The second-order valence-corrected chi connectivity index (χ2v) is 5.94. The first-order chi connectivity index (χ1) is 10.7. The van der Waals surface area contributed by atoms with E-state index in [2.05, 4.69) is 10.3 Å². The molecular formula is C16H18ClN3O2. The van der Waals surface area contributed by atoms with Crippen molar-refractivity contribution >= 4 is 34.1 Å². The number of likely N-dealkylation sites (tertiary alicyclic amines) is 1. The molecule has 1 aliphatic heterocycles. The summed E-state index contributed by atoms with van der Waals surface area (Å²) in [6, 6.07) is 7.62. The predicted octanol–water partition coefficient (Wildman–Crippen LogP) is 2.40. The van der Waals surface area contributed by atoms with Crippen LogP contribution >= 0.6 is 11.6 Å². The number of aromatic nitrogens is 1. The van der Waals surface area contributed by atoms with Gasteiger partial charge in [0.1, 0.15) is 6.61 Å². The van der Waals surface area contributed by atoms with Gasteiger partial charge in [-0.15, -0.1) is 0 Å². The third-order valence-electron chi connectivity index (χ3n) is 3.86. The van der Waals surface area contributed by atoms with E-state index in [1.165, 1.54) is 7.11 Å². The van der Waals surface area contributed by atoms with Gasteiger partial charge in [-0.25, -0.2) is 0 Å².